The Labute approximate surface area is 125 Å². The van der Waals surface area contributed by atoms with E-state index in [9.17, 15) is 14.4 Å². The number of carboxylic acid groups (broad SMARTS) is 1. The highest BCUT2D eigenvalue weighted by Crippen LogP contribution is 2.18. The van der Waals surface area contributed by atoms with E-state index in [2.05, 4.69) is 5.32 Å². The minimum Gasteiger partial charge on any atom is -0.480 e. The summed E-state index contributed by atoms with van der Waals surface area (Å²) in [6.45, 7) is 5.00. The van der Waals surface area contributed by atoms with E-state index in [0.29, 0.717) is 32.5 Å². The lowest BCUT2D eigenvalue weighted by atomic mass is 9.96. The van der Waals surface area contributed by atoms with Gasteiger partial charge in [0, 0.05) is 32.6 Å². The lowest BCUT2D eigenvalue weighted by molar-refractivity contribution is -0.137. The van der Waals surface area contributed by atoms with Gasteiger partial charge in [0.05, 0.1) is 0 Å². The number of rotatable bonds is 5. The Morgan fingerprint density at radius 3 is 2.29 bits per heavy atom. The zero-order chi connectivity index (χ0) is 16.0. The van der Waals surface area contributed by atoms with Crippen LogP contribution in [0, 0.1) is 11.8 Å². The van der Waals surface area contributed by atoms with Gasteiger partial charge in [-0.15, -0.1) is 0 Å². The normalized spacial score (nSPS) is 15.9. The summed E-state index contributed by atoms with van der Waals surface area (Å²) < 4.78 is 0. The Morgan fingerprint density at radius 1 is 1.29 bits per heavy atom. The van der Waals surface area contributed by atoms with Gasteiger partial charge >= 0.3 is 12.0 Å². The van der Waals surface area contributed by atoms with Crippen LogP contribution >= 0.6 is 0 Å². The average molecular weight is 299 g/mol. The van der Waals surface area contributed by atoms with Crippen LogP contribution in [0.2, 0.25) is 0 Å². The third-order valence-corrected chi connectivity index (χ3v) is 3.56. The Balaban J connectivity index is 2.60. The first-order valence-corrected chi connectivity index (χ1v) is 7.32. The first-order valence-electron chi connectivity index (χ1n) is 7.32. The quantitative estimate of drug-likeness (QED) is 0.778. The molecule has 1 aliphatic heterocycles. The first-order chi connectivity index (χ1) is 9.85. The molecule has 21 heavy (non-hydrogen) atoms. The van der Waals surface area contributed by atoms with Crippen molar-refractivity contribution in [2.75, 3.05) is 33.2 Å². The topological polar surface area (TPSA) is 90.0 Å². The fourth-order valence-corrected chi connectivity index (χ4v) is 2.55. The lowest BCUT2D eigenvalue weighted by Gasteiger charge is -2.35. The fraction of sp³-hybridized carbons (Fsp3) is 0.786. The maximum Gasteiger partial charge on any atom is 0.323 e. The summed E-state index contributed by atoms with van der Waals surface area (Å²) in [6, 6.07) is -0.249. The van der Waals surface area contributed by atoms with Gasteiger partial charge in [-0.2, -0.15) is 0 Å². The number of amides is 3. The summed E-state index contributed by atoms with van der Waals surface area (Å²) in [5.74, 6) is -0.857. The molecular formula is C14H25N3O4. The lowest BCUT2D eigenvalue weighted by Crippen LogP contribution is -2.50. The fourth-order valence-electron chi connectivity index (χ4n) is 2.55. The minimum atomic E-state index is -1.01. The number of carbonyl (C=O) groups excluding carboxylic acids is 2. The summed E-state index contributed by atoms with van der Waals surface area (Å²) in [7, 11) is 1.61. The van der Waals surface area contributed by atoms with Crippen molar-refractivity contribution in [3.05, 3.63) is 0 Å². The van der Waals surface area contributed by atoms with E-state index in [-0.39, 0.29) is 30.3 Å². The molecule has 3 amide bonds. The second-order valence-corrected chi connectivity index (χ2v) is 5.83. The summed E-state index contributed by atoms with van der Waals surface area (Å²) in [4.78, 5) is 37.9. The van der Waals surface area contributed by atoms with Crippen LogP contribution in [0.3, 0.4) is 0 Å². The van der Waals surface area contributed by atoms with Crippen LogP contribution in [0.5, 0.6) is 0 Å². The number of nitrogens with one attached hydrogen (secondary N) is 1. The molecule has 1 heterocycles. The van der Waals surface area contributed by atoms with Gasteiger partial charge in [-0.3, -0.25) is 9.59 Å². The number of urea groups is 1. The van der Waals surface area contributed by atoms with Gasteiger partial charge in [0.15, 0.2) is 0 Å². The number of piperidine rings is 1. The van der Waals surface area contributed by atoms with Crippen LogP contribution in [-0.4, -0.2) is 66.0 Å². The SMILES string of the molecule is CNC(=O)C1CCN(C(=O)N(CC(=O)O)CC(C)C)CC1. The molecule has 7 heteroatoms. The monoisotopic (exact) mass is 299 g/mol. The molecule has 0 aromatic heterocycles. The molecule has 0 unspecified atom stereocenters. The van der Waals surface area contributed by atoms with Crippen molar-refractivity contribution in [3.63, 3.8) is 0 Å². The molecule has 0 saturated carbocycles. The number of likely N-dealkylation sites (tertiary alicyclic amines) is 1. The van der Waals surface area contributed by atoms with E-state index in [1.54, 1.807) is 11.9 Å². The third-order valence-electron chi connectivity index (χ3n) is 3.56. The molecule has 1 fully saturated rings. The highest BCUT2D eigenvalue weighted by Gasteiger charge is 2.30. The molecule has 0 spiro atoms. The van der Waals surface area contributed by atoms with Crippen LogP contribution in [0.25, 0.3) is 0 Å². The maximum absolute atomic E-state index is 12.4. The molecule has 0 radical (unpaired) electrons. The van der Waals surface area contributed by atoms with Crippen molar-refractivity contribution in [3.8, 4) is 0 Å². The van der Waals surface area contributed by atoms with E-state index in [1.807, 2.05) is 13.8 Å². The molecular weight excluding hydrogens is 274 g/mol. The van der Waals surface area contributed by atoms with Gasteiger partial charge in [-0.25, -0.2) is 4.79 Å². The summed E-state index contributed by atoms with van der Waals surface area (Å²) in [6.07, 6.45) is 1.24. The van der Waals surface area contributed by atoms with Gasteiger partial charge in [-0.1, -0.05) is 13.8 Å². The first kappa shape index (κ1) is 17.3. The summed E-state index contributed by atoms with van der Waals surface area (Å²) >= 11 is 0. The van der Waals surface area contributed by atoms with Crippen molar-refractivity contribution < 1.29 is 19.5 Å². The van der Waals surface area contributed by atoms with Crippen LogP contribution in [0.15, 0.2) is 0 Å². The van der Waals surface area contributed by atoms with Gasteiger partial charge in [0.1, 0.15) is 6.54 Å². The molecule has 7 nitrogen and oxygen atoms in total. The largest absolute Gasteiger partial charge is 0.480 e. The van der Waals surface area contributed by atoms with E-state index in [0.717, 1.165) is 0 Å². The number of nitrogens with zero attached hydrogens (tertiary/aromatic N) is 2. The second-order valence-electron chi connectivity index (χ2n) is 5.83. The molecule has 120 valence electrons. The smallest absolute Gasteiger partial charge is 0.323 e. The maximum atomic E-state index is 12.4. The van der Waals surface area contributed by atoms with E-state index in [1.165, 1.54) is 4.90 Å². The van der Waals surface area contributed by atoms with Crippen molar-refractivity contribution in [1.82, 2.24) is 15.1 Å². The van der Waals surface area contributed by atoms with Crippen molar-refractivity contribution in [2.45, 2.75) is 26.7 Å². The van der Waals surface area contributed by atoms with Crippen LogP contribution in [-0.2, 0) is 9.59 Å². The molecule has 1 saturated heterocycles. The Bertz CT molecular complexity index is 390. The summed E-state index contributed by atoms with van der Waals surface area (Å²) in [5, 5.41) is 11.5. The number of hydrogen-bond acceptors (Lipinski definition) is 3. The van der Waals surface area contributed by atoms with Crippen LogP contribution < -0.4 is 5.32 Å². The number of hydrogen-bond donors (Lipinski definition) is 2. The van der Waals surface area contributed by atoms with Crippen molar-refractivity contribution >= 4 is 17.9 Å². The van der Waals surface area contributed by atoms with Crippen molar-refractivity contribution in [2.24, 2.45) is 11.8 Å². The zero-order valence-electron chi connectivity index (χ0n) is 13.0. The Kier molecular flexibility index (Phi) is 6.45. The number of carbonyl (C=O) groups is 3. The molecule has 1 aliphatic rings. The average Bonchev–Trinajstić information content (AvgIpc) is 2.44. The highest BCUT2D eigenvalue weighted by atomic mass is 16.4. The van der Waals surface area contributed by atoms with Crippen LogP contribution in [0.1, 0.15) is 26.7 Å². The molecule has 0 bridgehead atoms. The molecule has 0 aromatic rings. The Hall–Kier alpha value is -1.79. The van der Waals surface area contributed by atoms with E-state index >= 15 is 0 Å². The standard InChI is InChI=1S/C14H25N3O4/c1-10(2)8-17(9-12(18)19)14(21)16-6-4-11(5-7-16)13(20)15-3/h10-11H,4-9H2,1-3H3,(H,15,20)(H,18,19). The van der Waals surface area contributed by atoms with Gasteiger partial charge in [0.25, 0.3) is 0 Å². The van der Waals surface area contributed by atoms with Gasteiger partial charge in [-0.05, 0) is 18.8 Å². The van der Waals surface area contributed by atoms with Crippen LogP contribution in [0.4, 0.5) is 4.79 Å². The summed E-state index contributed by atoms with van der Waals surface area (Å²) in [5.41, 5.74) is 0. The third kappa shape index (κ3) is 5.24. The van der Waals surface area contributed by atoms with Crippen molar-refractivity contribution in [1.29, 1.82) is 0 Å². The Morgan fingerprint density at radius 2 is 1.86 bits per heavy atom. The number of aliphatic carboxylic acids is 1. The predicted molar refractivity (Wildman–Crippen MR) is 77.8 cm³/mol. The molecule has 0 atom stereocenters. The number of carboxylic acids is 1. The predicted octanol–water partition coefficient (Wildman–Crippen LogP) is 0.607. The van der Waals surface area contributed by atoms with Gasteiger partial charge < -0.3 is 20.2 Å². The van der Waals surface area contributed by atoms with E-state index < -0.39 is 5.97 Å². The minimum absolute atomic E-state index is 0.00618. The molecule has 0 aliphatic carbocycles. The molecule has 1 rings (SSSR count). The molecule has 2 N–H and O–H groups in total. The highest BCUT2D eigenvalue weighted by molar-refractivity contribution is 5.81. The second kappa shape index (κ2) is 7.85. The molecule has 0 aromatic carbocycles. The zero-order valence-corrected chi connectivity index (χ0v) is 13.0. The van der Waals surface area contributed by atoms with Gasteiger partial charge in [0.2, 0.25) is 5.91 Å². The van der Waals surface area contributed by atoms with E-state index in [4.69, 9.17) is 5.11 Å².